The summed E-state index contributed by atoms with van der Waals surface area (Å²) in [5.74, 6) is -1.01. The first kappa shape index (κ1) is 10.9. The van der Waals surface area contributed by atoms with Crippen molar-refractivity contribution >= 4 is 11.8 Å². The maximum Gasteiger partial charge on any atom is 0.248 e. The first-order chi connectivity index (χ1) is 5.57. The number of amides is 2. The van der Waals surface area contributed by atoms with Crippen LogP contribution in [0.2, 0.25) is 0 Å². The lowest BCUT2D eigenvalue weighted by molar-refractivity contribution is -0.127. The Kier molecular flexibility index (Phi) is 5.03. The number of aliphatic hydroxyl groups excluding tert-OH is 1. The zero-order chi connectivity index (χ0) is 9.56. The van der Waals surface area contributed by atoms with Crippen LogP contribution < -0.4 is 11.1 Å². The van der Waals surface area contributed by atoms with Gasteiger partial charge in [0.05, 0.1) is 6.54 Å². The molecule has 0 aliphatic heterocycles. The Morgan fingerprint density at radius 1 is 1.58 bits per heavy atom. The van der Waals surface area contributed by atoms with E-state index in [2.05, 4.69) is 5.32 Å². The molecule has 0 bridgehead atoms. The van der Waals surface area contributed by atoms with Gasteiger partial charge >= 0.3 is 0 Å². The minimum absolute atomic E-state index is 0.103. The van der Waals surface area contributed by atoms with Gasteiger partial charge in [0, 0.05) is 6.42 Å². The smallest absolute Gasteiger partial charge is 0.248 e. The molecule has 5 nitrogen and oxygen atoms in total. The second kappa shape index (κ2) is 5.54. The number of carbonyl (C=O) groups excluding carboxylic acids is 2. The molecule has 0 aliphatic rings. The number of hydrogen-bond donors (Lipinski definition) is 3. The van der Waals surface area contributed by atoms with E-state index in [0.717, 1.165) is 6.42 Å². The SMILES string of the molecule is CCCC(=O)NCC(O)C(N)=O. The van der Waals surface area contributed by atoms with Gasteiger partial charge in [-0.2, -0.15) is 0 Å². The molecule has 0 heterocycles. The molecule has 1 atom stereocenters. The Balaban J connectivity index is 3.54. The third kappa shape index (κ3) is 4.68. The molecule has 12 heavy (non-hydrogen) atoms. The molecule has 1 unspecified atom stereocenters. The van der Waals surface area contributed by atoms with Crippen LogP contribution >= 0.6 is 0 Å². The highest BCUT2D eigenvalue weighted by atomic mass is 16.3. The van der Waals surface area contributed by atoms with Crippen molar-refractivity contribution in [2.24, 2.45) is 5.73 Å². The highest BCUT2D eigenvalue weighted by Gasteiger charge is 2.11. The summed E-state index contributed by atoms with van der Waals surface area (Å²) in [6.45, 7) is 1.76. The van der Waals surface area contributed by atoms with Crippen molar-refractivity contribution in [2.45, 2.75) is 25.9 Å². The summed E-state index contributed by atoms with van der Waals surface area (Å²) in [5.41, 5.74) is 4.76. The van der Waals surface area contributed by atoms with Crippen molar-refractivity contribution in [3.63, 3.8) is 0 Å². The molecular formula is C7H14N2O3. The summed E-state index contributed by atoms with van der Waals surface area (Å²) in [4.78, 5) is 21.1. The van der Waals surface area contributed by atoms with Crippen LogP contribution in [-0.4, -0.2) is 29.6 Å². The van der Waals surface area contributed by atoms with Crippen LogP contribution in [0.3, 0.4) is 0 Å². The van der Waals surface area contributed by atoms with Crippen LogP contribution in [-0.2, 0) is 9.59 Å². The Hall–Kier alpha value is -1.10. The minimum Gasteiger partial charge on any atom is -0.381 e. The van der Waals surface area contributed by atoms with E-state index in [4.69, 9.17) is 10.8 Å². The number of primary amides is 1. The van der Waals surface area contributed by atoms with Crippen LogP contribution in [0.5, 0.6) is 0 Å². The van der Waals surface area contributed by atoms with E-state index in [0.29, 0.717) is 6.42 Å². The predicted molar refractivity (Wildman–Crippen MR) is 43.1 cm³/mol. The largest absolute Gasteiger partial charge is 0.381 e. The number of nitrogens with two attached hydrogens (primary N) is 1. The number of carbonyl (C=O) groups is 2. The van der Waals surface area contributed by atoms with Crippen molar-refractivity contribution in [1.29, 1.82) is 0 Å². The van der Waals surface area contributed by atoms with Crippen LogP contribution in [0.4, 0.5) is 0 Å². The van der Waals surface area contributed by atoms with Crippen LogP contribution in [0.1, 0.15) is 19.8 Å². The third-order valence-corrected chi connectivity index (χ3v) is 1.30. The van der Waals surface area contributed by atoms with E-state index in [1.165, 1.54) is 0 Å². The quantitative estimate of drug-likeness (QED) is 0.486. The fourth-order valence-electron chi connectivity index (χ4n) is 0.627. The normalized spacial score (nSPS) is 12.2. The molecule has 0 aromatic rings. The summed E-state index contributed by atoms with van der Waals surface area (Å²) in [5, 5.41) is 11.2. The van der Waals surface area contributed by atoms with Crippen molar-refractivity contribution in [3.05, 3.63) is 0 Å². The van der Waals surface area contributed by atoms with E-state index in [1.54, 1.807) is 0 Å². The van der Waals surface area contributed by atoms with Gasteiger partial charge in [0.25, 0.3) is 0 Å². The summed E-state index contributed by atoms with van der Waals surface area (Å²) in [7, 11) is 0. The van der Waals surface area contributed by atoms with E-state index >= 15 is 0 Å². The molecule has 0 aliphatic carbocycles. The Bertz CT molecular complexity index is 170. The number of hydrogen-bond acceptors (Lipinski definition) is 3. The average Bonchev–Trinajstić information content (AvgIpc) is 2.00. The van der Waals surface area contributed by atoms with Crippen LogP contribution in [0.15, 0.2) is 0 Å². The summed E-state index contributed by atoms with van der Waals surface area (Å²) < 4.78 is 0. The second-order valence-corrected chi connectivity index (χ2v) is 2.47. The summed E-state index contributed by atoms with van der Waals surface area (Å²) in [6.07, 6.45) is -0.157. The monoisotopic (exact) mass is 174 g/mol. The Labute approximate surface area is 70.9 Å². The van der Waals surface area contributed by atoms with Gasteiger partial charge < -0.3 is 16.2 Å². The number of rotatable bonds is 5. The van der Waals surface area contributed by atoms with Gasteiger partial charge in [-0.15, -0.1) is 0 Å². The van der Waals surface area contributed by atoms with Crippen LogP contribution in [0, 0.1) is 0 Å². The van der Waals surface area contributed by atoms with Crippen LogP contribution in [0.25, 0.3) is 0 Å². The van der Waals surface area contributed by atoms with Gasteiger partial charge in [0.2, 0.25) is 11.8 Å². The molecule has 0 aromatic carbocycles. The molecule has 0 saturated carbocycles. The zero-order valence-electron chi connectivity index (χ0n) is 7.04. The van der Waals surface area contributed by atoms with Crippen molar-refractivity contribution in [1.82, 2.24) is 5.32 Å². The molecule has 2 amide bonds. The molecule has 0 rings (SSSR count). The summed E-state index contributed by atoms with van der Waals surface area (Å²) in [6, 6.07) is 0. The Morgan fingerprint density at radius 2 is 2.17 bits per heavy atom. The molecule has 0 spiro atoms. The lowest BCUT2D eigenvalue weighted by Gasteiger charge is -2.07. The van der Waals surface area contributed by atoms with Gasteiger partial charge in [-0.25, -0.2) is 0 Å². The highest BCUT2D eigenvalue weighted by Crippen LogP contribution is 1.86. The topological polar surface area (TPSA) is 92.4 Å². The maximum absolute atomic E-state index is 10.8. The summed E-state index contributed by atoms with van der Waals surface area (Å²) >= 11 is 0. The second-order valence-electron chi connectivity index (χ2n) is 2.47. The zero-order valence-corrected chi connectivity index (χ0v) is 7.04. The number of nitrogens with one attached hydrogen (secondary N) is 1. The molecule has 0 aromatic heterocycles. The predicted octanol–water partition coefficient (Wildman–Crippen LogP) is -1.25. The van der Waals surface area contributed by atoms with E-state index in [-0.39, 0.29) is 12.5 Å². The van der Waals surface area contributed by atoms with Gasteiger partial charge in [0.15, 0.2) is 0 Å². The molecular weight excluding hydrogens is 160 g/mol. The lowest BCUT2D eigenvalue weighted by Crippen LogP contribution is -2.39. The fraction of sp³-hybridized carbons (Fsp3) is 0.714. The van der Waals surface area contributed by atoms with Crippen molar-refractivity contribution < 1.29 is 14.7 Å². The molecule has 4 N–H and O–H groups in total. The molecule has 0 radical (unpaired) electrons. The molecule has 0 fully saturated rings. The molecule has 0 saturated heterocycles. The lowest BCUT2D eigenvalue weighted by atomic mass is 10.3. The average molecular weight is 174 g/mol. The fourth-order valence-corrected chi connectivity index (χ4v) is 0.627. The Morgan fingerprint density at radius 3 is 2.58 bits per heavy atom. The number of aliphatic hydroxyl groups is 1. The van der Waals surface area contributed by atoms with Crippen molar-refractivity contribution in [2.75, 3.05) is 6.54 Å². The maximum atomic E-state index is 10.8. The van der Waals surface area contributed by atoms with Crippen molar-refractivity contribution in [3.8, 4) is 0 Å². The van der Waals surface area contributed by atoms with Gasteiger partial charge in [0.1, 0.15) is 6.10 Å². The van der Waals surface area contributed by atoms with Gasteiger partial charge in [-0.05, 0) is 6.42 Å². The molecule has 70 valence electrons. The van der Waals surface area contributed by atoms with Gasteiger partial charge in [-0.1, -0.05) is 6.92 Å². The van der Waals surface area contributed by atoms with E-state index < -0.39 is 12.0 Å². The molecule has 5 heteroatoms. The standard InChI is InChI=1S/C7H14N2O3/c1-2-3-6(11)9-4-5(10)7(8)12/h5,10H,2-4H2,1H3,(H2,8,12)(H,9,11). The first-order valence-corrected chi connectivity index (χ1v) is 3.82. The van der Waals surface area contributed by atoms with E-state index in [9.17, 15) is 9.59 Å². The van der Waals surface area contributed by atoms with Gasteiger partial charge in [-0.3, -0.25) is 9.59 Å². The first-order valence-electron chi connectivity index (χ1n) is 3.82. The minimum atomic E-state index is -1.29. The van der Waals surface area contributed by atoms with E-state index in [1.807, 2.05) is 6.92 Å². The third-order valence-electron chi connectivity index (χ3n) is 1.30. The highest BCUT2D eigenvalue weighted by molar-refractivity contribution is 5.80.